The summed E-state index contributed by atoms with van der Waals surface area (Å²) in [6.45, 7) is 0. The van der Waals surface area contributed by atoms with E-state index in [1.165, 1.54) is 32.9 Å². The molecule has 0 heterocycles. The van der Waals surface area contributed by atoms with Crippen LogP contribution in [0.4, 0.5) is 0 Å². The molecule has 0 aliphatic heterocycles. The van der Waals surface area contributed by atoms with Gasteiger partial charge in [-0.15, -0.1) is 0 Å². The Morgan fingerprint density at radius 3 is 2.33 bits per heavy atom. The molecule has 1 saturated carbocycles. The molecular formula is C5H10Sn. The second-order valence-corrected chi connectivity index (χ2v) is 3.67. The Kier molecular flexibility index (Phi) is 1.81. The van der Waals surface area contributed by atoms with E-state index in [-0.39, 0.29) is 0 Å². The van der Waals surface area contributed by atoms with E-state index in [4.69, 9.17) is 0 Å². The molecule has 0 nitrogen and oxygen atoms in total. The minimum absolute atomic E-state index is 1.18. The van der Waals surface area contributed by atoms with Crippen LogP contribution in [-0.4, -0.2) is 22.5 Å². The average molecular weight is 189 g/mol. The third-order valence-corrected chi connectivity index (χ3v) is 2.22. The molecule has 0 saturated heterocycles. The summed E-state index contributed by atoms with van der Waals surface area (Å²) >= 11 is 1.48. The first kappa shape index (κ1) is 4.95. The number of hydrogen-bond donors (Lipinski definition) is 0. The summed E-state index contributed by atoms with van der Waals surface area (Å²) in [5, 5.41) is 0. The fourth-order valence-corrected chi connectivity index (χ4v) is 1.99. The van der Waals surface area contributed by atoms with E-state index in [1.807, 2.05) is 0 Å². The standard InChI is InChI=1S/C5H9.Sn.H/c1-2-5-3-4-5;;/h5H,1-4H2;;. The molecule has 0 unspecified atom stereocenters. The molecule has 0 N–H and O–H groups in total. The van der Waals surface area contributed by atoms with E-state index in [0.29, 0.717) is 0 Å². The first-order chi connectivity index (χ1) is 2.93. The van der Waals surface area contributed by atoms with Crippen LogP contribution in [0.25, 0.3) is 0 Å². The maximum atomic E-state index is 1.54. The van der Waals surface area contributed by atoms with Crippen molar-refractivity contribution in [1.82, 2.24) is 0 Å². The molecule has 6 heavy (non-hydrogen) atoms. The number of rotatable bonds is 2. The summed E-state index contributed by atoms with van der Waals surface area (Å²) in [7, 11) is 0. The van der Waals surface area contributed by atoms with E-state index < -0.39 is 0 Å². The zero-order valence-electron chi connectivity index (χ0n) is 3.98. The fourth-order valence-electron chi connectivity index (χ4n) is 0.642. The molecule has 1 aliphatic rings. The molecule has 0 bridgehead atoms. The molecule has 0 aromatic rings. The van der Waals surface area contributed by atoms with E-state index >= 15 is 0 Å². The molecule has 1 heteroatoms. The van der Waals surface area contributed by atoms with Crippen LogP contribution in [0.2, 0.25) is 4.44 Å². The van der Waals surface area contributed by atoms with Gasteiger partial charge in [0, 0.05) is 0 Å². The summed E-state index contributed by atoms with van der Waals surface area (Å²) in [5.41, 5.74) is 0. The molecule has 1 aliphatic carbocycles. The third kappa shape index (κ3) is 1.50. The zero-order valence-corrected chi connectivity index (χ0v) is 7.28. The van der Waals surface area contributed by atoms with Crippen LogP contribution >= 0.6 is 0 Å². The van der Waals surface area contributed by atoms with Crippen molar-refractivity contribution >= 4 is 22.5 Å². The summed E-state index contributed by atoms with van der Waals surface area (Å²) < 4.78 is 1.52. The topological polar surface area (TPSA) is 0 Å². The van der Waals surface area contributed by atoms with Gasteiger partial charge in [0.2, 0.25) is 0 Å². The Labute approximate surface area is 52.4 Å². The second kappa shape index (κ2) is 2.20. The van der Waals surface area contributed by atoms with Crippen molar-refractivity contribution in [2.45, 2.75) is 23.7 Å². The molecule has 0 aromatic heterocycles. The van der Waals surface area contributed by atoms with Crippen LogP contribution in [0.1, 0.15) is 19.3 Å². The van der Waals surface area contributed by atoms with E-state index in [1.54, 1.807) is 19.3 Å². The molecule has 0 atom stereocenters. The van der Waals surface area contributed by atoms with Gasteiger partial charge in [0.1, 0.15) is 0 Å². The van der Waals surface area contributed by atoms with Crippen molar-refractivity contribution in [2.24, 2.45) is 5.92 Å². The van der Waals surface area contributed by atoms with Gasteiger partial charge in [-0.25, -0.2) is 0 Å². The van der Waals surface area contributed by atoms with Gasteiger partial charge in [-0.1, -0.05) is 0 Å². The van der Waals surface area contributed by atoms with Gasteiger partial charge in [0.15, 0.2) is 0 Å². The summed E-state index contributed by atoms with van der Waals surface area (Å²) in [4.78, 5) is 0. The Morgan fingerprint density at radius 1 is 1.50 bits per heavy atom. The molecule has 1 fully saturated rings. The predicted octanol–water partition coefficient (Wildman–Crippen LogP) is 1.11. The molecule has 34 valence electrons. The Morgan fingerprint density at radius 2 is 2.17 bits per heavy atom. The van der Waals surface area contributed by atoms with Crippen molar-refractivity contribution in [1.29, 1.82) is 0 Å². The molecule has 0 aromatic carbocycles. The minimum atomic E-state index is 1.18. The van der Waals surface area contributed by atoms with Crippen molar-refractivity contribution in [3.8, 4) is 0 Å². The van der Waals surface area contributed by atoms with Gasteiger partial charge in [0.05, 0.1) is 0 Å². The Balaban J connectivity index is 1.88. The van der Waals surface area contributed by atoms with Gasteiger partial charge >= 0.3 is 52.1 Å². The van der Waals surface area contributed by atoms with Gasteiger partial charge in [-0.05, 0) is 0 Å². The Bertz CT molecular complexity index is 39.2. The summed E-state index contributed by atoms with van der Waals surface area (Å²) in [6, 6.07) is 0. The zero-order chi connectivity index (χ0) is 4.41. The maximum absolute atomic E-state index is 1.54. The van der Waals surface area contributed by atoms with Crippen LogP contribution in [0.5, 0.6) is 0 Å². The molecule has 0 amide bonds. The molecular weight excluding hydrogens is 179 g/mol. The fraction of sp³-hybridized carbons (Fsp3) is 1.00. The molecule has 2 radical (unpaired) electrons. The van der Waals surface area contributed by atoms with Gasteiger partial charge in [-0.3, -0.25) is 0 Å². The van der Waals surface area contributed by atoms with Gasteiger partial charge in [0.25, 0.3) is 0 Å². The van der Waals surface area contributed by atoms with Crippen LogP contribution in [-0.2, 0) is 0 Å². The monoisotopic (exact) mass is 190 g/mol. The van der Waals surface area contributed by atoms with Crippen molar-refractivity contribution in [3.63, 3.8) is 0 Å². The summed E-state index contributed by atoms with van der Waals surface area (Å²) in [6.07, 6.45) is 4.63. The van der Waals surface area contributed by atoms with Gasteiger partial charge < -0.3 is 0 Å². The van der Waals surface area contributed by atoms with Crippen molar-refractivity contribution in [2.75, 3.05) is 0 Å². The van der Waals surface area contributed by atoms with Crippen LogP contribution < -0.4 is 0 Å². The Hall–Kier alpha value is 0.799. The van der Waals surface area contributed by atoms with Crippen LogP contribution in [0, 0.1) is 5.92 Å². The first-order valence-corrected chi connectivity index (χ1v) is 4.96. The van der Waals surface area contributed by atoms with Crippen molar-refractivity contribution < 1.29 is 0 Å². The third-order valence-electron chi connectivity index (χ3n) is 1.27. The first-order valence-electron chi connectivity index (χ1n) is 2.63. The number of hydrogen-bond acceptors (Lipinski definition) is 0. The quantitative estimate of drug-likeness (QED) is 0.570. The summed E-state index contributed by atoms with van der Waals surface area (Å²) in [5.74, 6) is 1.18. The average Bonchev–Trinajstić information content (AvgIpc) is 2.21. The van der Waals surface area contributed by atoms with Crippen LogP contribution in [0.15, 0.2) is 0 Å². The van der Waals surface area contributed by atoms with E-state index in [0.717, 1.165) is 0 Å². The van der Waals surface area contributed by atoms with Crippen LogP contribution in [0.3, 0.4) is 0 Å². The van der Waals surface area contributed by atoms with Gasteiger partial charge in [-0.2, -0.15) is 0 Å². The van der Waals surface area contributed by atoms with E-state index in [2.05, 4.69) is 0 Å². The normalized spacial score (nSPS) is 21.5. The molecule has 0 spiro atoms. The molecule has 1 rings (SSSR count). The van der Waals surface area contributed by atoms with E-state index in [9.17, 15) is 0 Å². The predicted molar refractivity (Wildman–Crippen MR) is 29.3 cm³/mol. The van der Waals surface area contributed by atoms with Crippen molar-refractivity contribution in [3.05, 3.63) is 0 Å². The SMILES string of the molecule is [SnH][CH2]CC1CC1. The second-order valence-electron chi connectivity index (χ2n) is 2.02.